The van der Waals surface area contributed by atoms with Gasteiger partial charge in [0.15, 0.2) is 0 Å². The molecule has 2 atom stereocenters. The molecule has 110 valence electrons. The molecule has 2 unspecified atom stereocenters. The maximum absolute atomic E-state index is 11.5. The standard InChI is InChI=1S/C12H23N3O4/c1-7(2)14-11(18)9(4)15-12(19)13-6-8(3)5-10(16)17/h7-9H,5-6H2,1-4H3,(H,14,18)(H,16,17)(H2,13,15,19). The molecule has 0 bridgehead atoms. The summed E-state index contributed by atoms with van der Waals surface area (Å²) in [7, 11) is 0. The van der Waals surface area contributed by atoms with Crippen LogP contribution in [0.15, 0.2) is 0 Å². The van der Waals surface area contributed by atoms with E-state index in [9.17, 15) is 14.4 Å². The number of carbonyl (C=O) groups excluding carboxylic acids is 2. The summed E-state index contributed by atoms with van der Waals surface area (Å²) in [6, 6.07) is -1.11. The second-order valence-corrected chi connectivity index (χ2v) is 4.94. The van der Waals surface area contributed by atoms with Gasteiger partial charge in [0.25, 0.3) is 0 Å². The summed E-state index contributed by atoms with van der Waals surface area (Å²) in [5, 5.41) is 16.3. The zero-order valence-electron chi connectivity index (χ0n) is 11.8. The molecule has 0 heterocycles. The Balaban J connectivity index is 3.97. The first-order valence-corrected chi connectivity index (χ1v) is 6.29. The third-order valence-electron chi connectivity index (χ3n) is 2.31. The lowest BCUT2D eigenvalue weighted by atomic mass is 10.1. The summed E-state index contributed by atoms with van der Waals surface area (Å²) in [6.45, 7) is 7.22. The molecule has 0 saturated carbocycles. The van der Waals surface area contributed by atoms with Gasteiger partial charge in [-0.25, -0.2) is 4.79 Å². The predicted molar refractivity (Wildman–Crippen MR) is 70.7 cm³/mol. The Bertz CT molecular complexity index is 331. The summed E-state index contributed by atoms with van der Waals surface area (Å²) < 4.78 is 0. The average Bonchev–Trinajstić information content (AvgIpc) is 2.24. The van der Waals surface area contributed by atoms with E-state index in [1.165, 1.54) is 0 Å². The molecule has 0 aromatic rings. The molecule has 3 amide bonds. The van der Waals surface area contributed by atoms with Crippen molar-refractivity contribution in [3.05, 3.63) is 0 Å². The third kappa shape index (κ3) is 8.87. The first-order chi connectivity index (χ1) is 8.72. The molecule has 0 aromatic carbocycles. The zero-order chi connectivity index (χ0) is 15.0. The second kappa shape index (κ2) is 8.34. The van der Waals surface area contributed by atoms with Gasteiger partial charge < -0.3 is 21.1 Å². The lowest BCUT2D eigenvalue weighted by Crippen LogP contribution is -2.50. The van der Waals surface area contributed by atoms with Gasteiger partial charge in [-0.05, 0) is 26.7 Å². The molecule has 7 nitrogen and oxygen atoms in total. The van der Waals surface area contributed by atoms with Crippen LogP contribution in [0, 0.1) is 5.92 Å². The molecule has 0 saturated heterocycles. The van der Waals surface area contributed by atoms with E-state index in [0.29, 0.717) is 0 Å². The molecule has 0 aliphatic carbocycles. The smallest absolute Gasteiger partial charge is 0.315 e. The molecular weight excluding hydrogens is 250 g/mol. The Labute approximate surface area is 113 Å². The molecular formula is C12H23N3O4. The number of hydrogen-bond acceptors (Lipinski definition) is 3. The monoisotopic (exact) mass is 273 g/mol. The Morgan fingerprint density at radius 2 is 1.63 bits per heavy atom. The Hall–Kier alpha value is -1.79. The first kappa shape index (κ1) is 17.2. The lowest BCUT2D eigenvalue weighted by Gasteiger charge is -2.17. The van der Waals surface area contributed by atoms with Crippen molar-refractivity contribution in [3.63, 3.8) is 0 Å². The molecule has 0 fully saturated rings. The van der Waals surface area contributed by atoms with Crippen LogP contribution in [0.3, 0.4) is 0 Å². The SMILES string of the molecule is CC(CNC(=O)NC(C)C(=O)NC(C)C)CC(=O)O. The molecule has 0 aromatic heterocycles. The van der Waals surface area contributed by atoms with E-state index in [1.807, 2.05) is 13.8 Å². The number of nitrogens with one attached hydrogen (secondary N) is 3. The summed E-state index contributed by atoms with van der Waals surface area (Å²) in [4.78, 5) is 33.5. The maximum atomic E-state index is 11.5. The Kier molecular flexibility index (Phi) is 7.55. The molecule has 0 aliphatic heterocycles. The van der Waals surface area contributed by atoms with Gasteiger partial charge >= 0.3 is 12.0 Å². The largest absolute Gasteiger partial charge is 0.481 e. The van der Waals surface area contributed by atoms with E-state index in [-0.39, 0.29) is 30.8 Å². The summed E-state index contributed by atoms with van der Waals surface area (Å²) >= 11 is 0. The number of carbonyl (C=O) groups is 3. The summed E-state index contributed by atoms with van der Waals surface area (Å²) in [6.07, 6.45) is -0.0102. The molecule has 4 N–H and O–H groups in total. The van der Waals surface area contributed by atoms with Gasteiger partial charge in [0, 0.05) is 19.0 Å². The third-order valence-corrected chi connectivity index (χ3v) is 2.31. The molecule has 0 rings (SSSR count). The van der Waals surface area contributed by atoms with Gasteiger partial charge in [-0.2, -0.15) is 0 Å². The highest BCUT2D eigenvalue weighted by Crippen LogP contribution is 1.99. The average molecular weight is 273 g/mol. The van der Waals surface area contributed by atoms with Crippen LogP contribution in [0.5, 0.6) is 0 Å². The van der Waals surface area contributed by atoms with Crippen LogP contribution < -0.4 is 16.0 Å². The molecule has 19 heavy (non-hydrogen) atoms. The fourth-order valence-corrected chi connectivity index (χ4v) is 1.36. The maximum Gasteiger partial charge on any atom is 0.315 e. The summed E-state index contributed by atoms with van der Waals surface area (Å²) in [5.74, 6) is -1.33. The number of carboxylic acid groups (broad SMARTS) is 1. The van der Waals surface area contributed by atoms with Crippen molar-refractivity contribution in [2.75, 3.05) is 6.54 Å². The highest BCUT2D eigenvalue weighted by Gasteiger charge is 2.16. The van der Waals surface area contributed by atoms with Crippen molar-refractivity contribution in [1.82, 2.24) is 16.0 Å². The van der Waals surface area contributed by atoms with Crippen molar-refractivity contribution in [1.29, 1.82) is 0 Å². The van der Waals surface area contributed by atoms with Crippen LogP contribution in [0.2, 0.25) is 0 Å². The number of amides is 3. The zero-order valence-corrected chi connectivity index (χ0v) is 11.8. The van der Waals surface area contributed by atoms with Crippen LogP contribution in [-0.2, 0) is 9.59 Å². The highest BCUT2D eigenvalue weighted by molar-refractivity contribution is 5.86. The van der Waals surface area contributed by atoms with Crippen LogP contribution in [0.4, 0.5) is 4.79 Å². The molecule has 0 spiro atoms. The number of aliphatic carboxylic acids is 1. The van der Waals surface area contributed by atoms with E-state index in [4.69, 9.17) is 5.11 Å². The van der Waals surface area contributed by atoms with Crippen LogP contribution in [0.25, 0.3) is 0 Å². The van der Waals surface area contributed by atoms with Gasteiger partial charge in [0.2, 0.25) is 5.91 Å². The quantitative estimate of drug-likeness (QED) is 0.535. The van der Waals surface area contributed by atoms with Crippen LogP contribution in [-0.4, -0.2) is 41.6 Å². The van der Waals surface area contributed by atoms with E-state index >= 15 is 0 Å². The summed E-state index contributed by atoms with van der Waals surface area (Å²) in [5.41, 5.74) is 0. The lowest BCUT2D eigenvalue weighted by molar-refractivity contribution is -0.137. The molecule has 7 heteroatoms. The van der Waals surface area contributed by atoms with Crippen molar-refractivity contribution < 1.29 is 19.5 Å². The minimum absolute atomic E-state index is 0.00963. The van der Waals surface area contributed by atoms with E-state index in [1.54, 1.807) is 13.8 Å². The van der Waals surface area contributed by atoms with Gasteiger partial charge in [0.1, 0.15) is 6.04 Å². The van der Waals surface area contributed by atoms with Crippen molar-refractivity contribution in [2.24, 2.45) is 5.92 Å². The Morgan fingerprint density at radius 3 is 2.11 bits per heavy atom. The number of hydrogen-bond donors (Lipinski definition) is 4. The molecule has 0 radical (unpaired) electrons. The fraction of sp³-hybridized carbons (Fsp3) is 0.750. The number of urea groups is 1. The van der Waals surface area contributed by atoms with Crippen molar-refractivity contribution in [3.8, 4) is 0 Å². The van der Waals surface area contributed by atoms with E-state index < -0.39 is 18.0 Å². The van der Waals surface area contributed by atoms with Crippen molar-refractivity contribution >= 4 is 17.9 Å². The minimum Gasteiger partial charge on any atom is -0.481 e. The Morgan fingerprint density at radius 1 is 1.05 bits per heavy atom. The van der Waals surface area contributed by atoms with Gasteiger partial charge in [-0.15, -0.1) is 0 Å². The molecule has 0 aliphatic rings. The highest BCUT2D eigenvalue weighted by atomic mass is 16.4. The first-order valence-electron chi connectivity index (χ1n) is 6.29. The minimum atomic E-state index is -0.903. The van der Waals surface area contributed by atoms with Crippen molar-refractivity contribution in [2.45, 2.75) is 46.2 Å². The van der Waals surface area contributed by atoms with Crippen LogP contribution in [0.1, 0.15) is 34.1 Å². The van der Waals surface area contributed by atoms with E-state index in [0.717, 1.165) is 0 Å². The van der Waals surface area contributed by atoms with E-state index in [2.05, 4.69) is 16.0 Å². The number of rotatable bonds is 7. The topological polar surface area (TPSA) is 108 Å². The van der Waals surface area contributed by atoms with Gasteiger partial charge in [-0.1, -0.05) is 6.92 Å². The predicted octanol–water partition coefficient (Wildman–Crippen LogP) is 0.310. The fourth-order valence-electron chi connectivity index (χ4n) is 1.36. The van der Waals surface area contributed by atoms with Gasteiger partial charge in [-0.3, -0.25) is 9.59 Å². The number of carboxylic acids is 1. The second-order valence-electron chi connectivity index (χ2n) is 4.94. The normalized spacial score (nSPS) is 13.5. The van der Waals surface area contributed by atoms with Crippen LogP contribution >= 0.6 is 0 Å². The van der Waals surface area contributed by atoms with Gasteiger partial charge in [0.05, 0.1) is 0 Å².